The first-order valence-corrected chi connectivity index (χ1v) is 7.68. The first-order chi connectivity index (χ1) is 10.6. The highest BCUT2D eigenvalue weighted by Gasteiger charge is 2.21. The zero-order valence-corrected chi connectivity index (χ0v) is 14.4. The minimum absolute atomic E-state index is 0.0643. The Morgan fingerprint density at radius 3 is 2.22 bits per heavy atom. The molecule has 0 aliphatic carbocycles. The lowest BCUT2D eigenvalue weighted by molar-refractivity contribution is 0.0129. The second-order valence-corrected chi connectivity index (χ2v) is 6.63. The van der Waals surface area contributed by atoms with Crippen LogP contribution in [0.3, 0.4) is 0 Å². The summed E-state index contributed by atoms with van der Waals surface area (Å²) in [6.07, 6.45) is -2.82. The van der Waals surface area contributed by atoms with E-state index in [-0.39, 0.29) is 12.6 Å². The van der Waals surface area contributed by atoms with E-state index < -0.39 is 23.9 Å². The first-order valence-electron chi connectivity index (χ1n) is 7.68. The van der Waals surface area contributed by atoms with E-state index in [4.69, 9.17) is 9.47 Å². The molecule has 2 atom stereocenters. The largest absolute Gasteiger partial charge is 0.491 e. The number of ether oxygens (including phenoxy) is 2. The normalized spacial score (nSPS) is 14.3. The van der Waals surface area contributed by atoms with Crippen molar-refractivity contribution in [3.8, 4) is 5.75 Å². The van der Waals surface area contributed by atoms with Gasteiger partial charge in [0.2, 0.25) is 0 Å². The van der Waals surface area contributed by atoms with Gasteiger partial charge >= 0.3 is 6.09 Å². The van der Waals surface area contributed by atoms with Crippen LogP contribution in [-0.2, 0) is 4.74 Å². The Labute approximate surface area is 137 Å². The maximum Gasteiger partial charge on any atom is 0.407 e. The summed E-state index contributed by atoms with van der Waals surface area (Å²) in [5, 5.41) is 22.5. The SMILES string of the molecule is CC(C)Oc1ccc(C(O)C(O)CNC(=O)OC(C)(C)C)cc1. The Morgan fingerprint density at radius 1 is 1.17 bits per heavy atom. The molecular formula is C17H27NO5. The molecule has 1 rings (SSSR count). The molecule has 0 saturated carbocycles. The highest BCUT2D eigenvalue weighted by atomic mass is 16.6. The number of benzene rings is 1. The molecule has 1 aromatic rings. The van der Waals surface area contributed by atoms with Crippen LogP contribution in [0.25, 0.3) is 0 Å². The smallest absolute Gasteiger partial charge is 0.407 e. The minimum Gasteiger partial charge on any atom is -0.491 e. The Hall–Kier alpha value is -1.79. The topological polar surface area (TPSA) is 88.0 Å². The third-order valence-electron chi connectivity index (χ3n) is 2.81. The van der Waals surface area contributed by atoms with Gasteiger partial charge in [-0.3, -0.25) is 0 Å². The Balaban J connectivity index is 2.52. The molecule has 1 amide bonds. The van der Waals surface area contributed by atoms with Gasteiger partial charge in [-0.25, -0.2) is 4.79 Å². The van der Waals surface area contributed by atoms with Gasteiger partial charge in [0.25, 0.3) is 0 Å². The van der Waals surface area contributed by atoms with Gasteiger partial charge in [-0.05, 0) is 52.3 Å². The number of nitrogens with one attached hydrogen (secondary N) is 1. The summed E-state index contributed by atoms with van der Waals surface area (Å²) in [6, 6.07) is 6.82. The molecule has 23 heavy (non-hydrogen) atoms. The van der Waals surface area contributed by atoms with E-state index in [2.05, 4.69) is 5.32 Å². The van der Waals surface area contributed by atoms with E-state index in [0.29, 0.717) is 11.3 Å². The van der Waals surface area contributed by atoms with Crippen LogP contribution in [0.2, 0.25) is 0 Å². The molecule has 130 valence electrons. The summed E-state index contributed by atoms with van der Waals surface area (Å²) in [4.78, 5) is 11.5. The van der Waals surface area contributed by atoms with Gasteiger partial charge in [-0.2, -0.15) is 0 Å². The van der Waals surface area contributed by atoms with Crippen LogP contribution in [-0.4, -0.2) is 40.7 Å². The van der Waals surface area contributed by atoms with Gasteiger partial charge in [0.15, 0.2) is 0 Å². The lowest BCUT2D eigenvalue weighted by atomic mass is 10.0. The van der Waals surface area contributed by atoms with Crippen molar-refractivity contribution >= 4 is 6.09 Å². The molecule has 0 bridgehead atoms. The zero-order chi connectivity index (χ0) is 17.6. The summed E-state index contributed by atoms with van der Waals surface area (Å²) in [5.74, 6) is 0.692. The third kappa shape index (κ3) is 7.34. The van der Waals surface area contributed by atoms with E-state index >= 15 is 0 Å². The van der Waals surface area contributed by atoms with Gasteiger partial charge in [0.1, 0.15) is 23.6 Å². The number of rotatable bonds is 6. The van der Waals surface area contributed by atoms with Crippen LogP contribution >= 0.6 is 0 Å². The number of aliphatic hydroxyl groups excluding tert-OH is 2. The summed E-state index contributed by atoms with van der Waals surface area (Å²) < 4.78 is 10.6. The summed E-state index contributed by atoms with van der Waals surface area (Å²) in [5.41, 5.74) is -0.0699. The number of hydrogen-bond donors (Lipinski definition) is 3. The maximum atomic E-state index is 11.5. The Morgan fingerprint density at radius 2 is 1.74 bits per heavy atom. The fraction of sp³-hybridized carbons (Fsp3) is 0.588. The number of alkyl carbamates (subject to hydrolysis) is 1. The molecule has 0 spiro atoms. The monoisotopic (exact) mass is 325 g/mol. The van der Waals surface area contributed by atoms with Crippen LogP contribution in [0, 0.1) is 0 Å². The van der Waals surface area contributed by atoms with Crippen molar-refractivity contribution in [2.45, 2.75) is 58.5 Å². The fourth-order valence-electron chi connectivity index (χ4n) is 1.85. The lowest BCUT2D eigenvalue weighted by Crippen LogP contribution is -2.38. The highest BCUT2D eigenvalue weighted by Crippen LogP contribution is 2.21. The molecule has 0 aromatic heterocycles. The predicted molar refractivity (Wildman–Crippen MR) is 87.4 cm³/mol. The molecular weight excluding hydrogens is 298 g/mol. The van der Waals surface area contributed by atoms with E-state index in [9.17, 15) is 15.0 Å². The molecule has 0 aliphatic heterocycles. The van der Waals surface area contributed by atoms with Gasteiger partial charge < -0.3 is 25.0 Å². The molecule has 0 aliphatic rings. The van der Waals surface area contributed by atoms with Crippen molar-refractivity contribution in [1.29, 1.82) is 0 Å². The maximum absolute atomic E-state index is 11.5. The second kappa shape index (κ2) is 8.17. The van der Waals surface area contributed by atoms with Crippen LogP contribution in [0.15, 0.2) is 24.3 Å². The second-order valence-electron chi connectivity index (χ2n) is 6.63. The average molecular weight is 325 g/mol. The molecule has 0 heterocycles. The van der Waals surface area contributed by atoms with Crippen LogP contribution in [0.1, 0.15) is 46.3 Å². The molecule has 1 aromatic carbocycles. The Kier molecular flexibility index (Phi) is 6.84. The van der Waals surface area contributed by atoms with Crippen molar-refractivity contribution < 1.29 is 24.5 Å². The van der Waals surface area contributed by atoms with Crippen molar-refractivity contribution in [3.05, 3.63) is 29.8 Å². The Bertz CT molecular complexity index is 493. The van der Waals surface area contributed by atoms with Gasteiger partial charge in [0.05, 0.1) is 6.10 Å². The summed E-state index contributed by atoms with van der Waals surface area (Å²) in [6.45, 7) is 8.99. The van der Waals surface area contributed by atoms with Crippen molar-refractivity contribution in [2.24, 2.45) is 0 Å². The third-order valence-corrected chi connectivity index (χ3v) is 2.81. The molecule has 0 fully saturated rings. The molecule has 6 heteroatoms. The van der Waals surface area contributed by atoms with Crippen molar-refractivity contribution in [1.82, 2.24) is 5.32 Å². The molecule has 0 radical (unpaired) electrons. The number of carbonyl (C=O) groups excluding carboxylic acids is 1. The van der Waals surface area contributed by atoms with Gasteiger partial charge in [0, 0.05) is 6.54 Å². The van der Waals surface area contributed by atoms with Crippen LogP contribution in [0.4, 0.5) is 4.79 Å². The molecule has 3 N–H and O–H groups in total. The molecule has 2 unspecified atom stereocenters. The predicted octanol–water partition coefficient (Wildman–Crippen LogP) is 2.39. The number of amides is 1. The summed E-state index contributed by atoms with van der Waals surface area (Å²) in [7, 11) is 0. The minimum atomic E-state index is -1.14. The van der Waals surface area contributed by atoms with Crippen LogP contribution in [0.5, 0.6) is 5.75 Å². The van der Waals surface area contributed by atoms with Crippen molar-refractivity contribution in [2.75, 3.05) is 6.54 Å². The molecule has 6 nitrogen and oxygen atoms in total. The standard InChI is InChI=1S/C17H27NO5/c1-11(2)22-13-8-6-12(7-9-13)15(20)14(19)10-18-16(21)23-17(3,4)5/h6-9,11,14-15,19-20H,10H2,1-5H3,(H,18,21). The average Bonchev–Trinajstić information content (AvgIpc) is 2.42. The quantitative estimate of drug-likeness (QED) is 0.747. The van der Waals surface area contributed by atoms with Crippen molar-refractivity contribution in [3.63, 3.8) is 0 Å². The zero-order valence-electron chi connectivity index (χ0n) is 14.4. The lowest BCUT2D eigenvalue weighted by Gasteiger charge is -2.22. The highest BCUT2D eigenvalue weighted by molar-refractivity contribution is 5.67. The van der Waals surface area contributed by atoms with E-state index in [1.54, 1.807) is 45.0 Å². The summed E-state index contributed by atoms with van der Waals surface area (Å²) >= 11 is 0. The van der Waals surface area contributed by atoms with E-state index in [0.717, 1.165) is 0 Å². The number of aliphatic hydroxyl groups is 2. The molecule has 0 saturated heterocycles. The number of carbonyl (C=O) groups is 1. The number of hydrogen-bond acceptors (Lipinski definition) is 5. The fourth-order valence-corrected chi connectivity index (χ4v) is 1.85. The van der Waals surface area contributed by atoms with Gasteiger partial charge in [-0.15, -0.1) is 0 Å². The first kappa shape index (κ1) is 19.3. The van der Waals surface area contributed by atoms with Gasteiger partial charge in [-0.1, -0.05) is 12.1 Å². The van der Waals surface area contributed by atoms with Crippen LogP contribution < -0.4 is 10.1 Å². The van der Waals surface area contributed by atoms with E-state index in [1.807, 2.05) is 13.8 Å². The van der Waals surface area contributed by atoms with E-state index in [1.165, 1.54) is 0 Å².